The van der Waals surface area contributed by atoms with Gasteiger partial charge in [-0.15, -0.1) is 5.10 Å². The monoisotopic (exact) mass is 326 g/mol. The summed E-state index contributed by atoms with van der Waals surface area (Å²) in [5, 5.41) is 12.3. The first-order valence-electron chi connectivity index (χ1n) is 7.03. The van der Waals surface area contributed by atoms with Gasteiger partial charge >= 0.3 is 5.97 Å². The summed E-state index contributed by atoms with van der Waals surface area (Å²) in [5.74, 6) is 0.250. The molecule has 0 saturated heterocycles. The zero-order valence-corrected chi connectivity index (χ0v) is 13.0. The number of esters is 1. The molecule has 0 unspecified atom stereocenters. The summed E-state index contributed by atoms with van der Waals surface area (Å²) in [5.41, 5.74) is 1.44. The minimum Gasteiger partial charge on any atom is -0.461 e. The Morgan fingerprint density at radius 1 is 1.04 bits per heavy atom. The Bertz CT molecular complexity index is 762. The standard InChI is InChI=1S/C16H14N4O2S/c21-15(13-7-3-1-4-8-13)22-11-12-23-16-17-18-19-20(16)14-9-5-2-6-10-14/h1-10H,11-12H2. The predicted octanol–water partition coefficient (Wildman–Crippen LogP) is 2.61. The van der Waals surface area contributed by atoms with Crippen LogP contribution in [0.15, 0.2) is 65.8 Å². The van der Waals surface area contributed by atoms with Crippen LogP contribution in [0.25, 0.3) is 5.69 Å². The number of carbonyl (C=O) groups is 1. The molecular weight excluding hydrogens is 312 g/mol. The van der Waals surface area contributed by atoms with Gasteiger partial charge in [0.2, 0.25) is 5.16 Å². The van der Waals surface area contributed by atoms with Crippen molar-refractivity contribution in [3.05, 3.63) is 66.2 Å². The third-order valence-corrected chi connectivity index (χ3v) is 3.88. The molecule has 0 radical (unpaired) electrons. The van der Waals surface area contributed by atoms with E-state index in [4.69, 9.17) is 4.74 Å². The lowest BCUT2D eigenvalue weighted by molar-refractivity contribution is 0.0530. The topological polar surface area (TPSA) is 69.9 Å². The van der Waals surface area contributed by atoms with Gasteiger partial charge in [-0.2, -0.15) is 4.68 Å². The van der Waals surface area contributed by atoms with E-state index in [9.17, 15) is 4.79 Å². The van der Waals surface area contributed by atoms with Gasteiger partial charge in [0.05, 0.1) is 11.3 Å². The second kappa shape index (κ2) is 7.55. The van der Waals surface area contributed by atoms with Gasteiger partial charge in [-0.05, 0) is 34.7 Å². The predicted molar refractivity (Wildman–Crippen MR) is 86.6 cm³/mol. The summed E-state index contributed by atoms with van der Waals surface area (Å²) in [6.07, 6.45) is 0. The quantitative estimate of drug-likeness (QED) is 0.394. The number of nitrogens with zero attached hydrogens (tertiary/aromatic N) is 4. The molecule has 1 aromatic heterocycles. The van der Waals surface area contributed by atoms with Crippen LogP contribution in [0.1, 0.15) is 10.4 Å². The Kier molecular flexibility index (Phi) is 5.00. The van der Waals surface area contributed by atoms with Crippen molar-refractivity contribution in [2.24, 2.45) is 0 Å². The van der Waals surface area contributed by atoms with E-state index in [-0.39, 0.29) is 5.97 Å². The van der Waals surface area contributed by atoms with Gasteiger partial charge in [0.1, 0.15) is 6.61 Å². The van der Waals surface area contributed by atoms with E-state index in [0.29, 0.717) is 23.1 Å². The molecule has 1 heterocycles. The normalized spacial score (nSPS) is 10.4. The molecule has 0 saturated carbocycles. The zero-order chi connectivity index (χ0) is 15.9. The third kappa shape index (κ3) is 3.95. The lowest BCUT2D eigenvalue weighted by Gasteiger charge is -2.05. The van der Waals surface area contributed by atoms with E-state index in [1.165, 1.54) is 11.8 Å². The molecule has 7 heteroatoms. The zero-order valence-electron chi connectivity index (χ0n) is 12.2. The Morgan fingerprint density at radius 3 is 2.48 bits per heavy atom. The van der Waals surface area contributed by atoms with E-state index < -0.39 is 0 Å². The summed E-state index contributed by atoms with van der Waals surface area (Å²) in [7, 11) is 0. The molecule has 0 atom stereocenters. The molecule has 0 spiro atoms. The van der Waals surface area contributed by atoms with E-state index in [0.717, 1.165) is 5.69 Å². The average molecular weight is 326 g/mol. The number of aromatic nitrogens is 4. The maximum Gasteiger partial charge on any atom is 0.338 e. The van der Waals surface area contributed by atoms with Crippen molar-refractivity contribution >= 4 is 17.7 Å². The summed E-state index contributed by atoms with van der Waals surface area (Å²) in [4.78, 5) is 11.8. The fourth-order valence-electron chi connectivity index (χ4n) is 1.93. The molecule has 0 N–H and O–H groups in total. The van der Waals surface area contributed by atoms with Crippen LogP contribution in [0.3, 0.4) is 0 Å². The Morgan fingerprint density at radius 2 is 1.74 bits per heavy atom. The molecule has 116 valence electrons. The van der Waals surface area contributed by atoms with Crippen molar-refractivity contribution < 1.29 is 9.53 Å². The minimum absolute atomic E-state index is 0.292. The largest absolute Gasteiger partial charge is 0.461 e. The Balaban J connectivity index is 1.52. The molecule has 23 heavy (non-hydrogen) atoms. The first-order valence-corrected chi connectivity index (χ1v) is 8.02. The van der Waals surface area contributed by atoms with Crippen LogP contribution in [-0.2, 0) is 4.74 Å². The van der Waals surface area contributed by atoms with Crippen LogP contribution < -0.4 is 0 Å². The molecule has 3 rings (SSSR count). The molecule has 2 aromatic carbocycles. The number of hydrogen-bond acceptors (Lipinski definition) is 6. The van der Waals surface area contributed by atoms with Crippen LogP contribution in [0.4, 0.5) is 0 Å². The SMILES string of the molecule is O=C(OCCSc1nnnn1-c1ccccc1)c1ccccc1. The van der Waals surface area contributed by atoms with Crippen molar-refractivity contribution in [1.82, 2.24) is 20.2 Å². The molecule has 0 aliphatic carbocycles. The highest BCUT2D eigenvalue weighted by Crippen LogP contribution is 2.17. The molecule has 6 nitrogen and oxygen atoms in total. The Labute approximate surface area is 137 Å². The van der Waals surface area contributed by atoms with Gasteiger partial charge in [0.25, 0.3) is 0 Å². The summed E-state index contributed by atoms with van der Waals surface area (Å²) < 4.78 is 6.89. The summed E-state index contributed by atoms with van der Waals surface area (Å²) in [6, 6.07) is 18.6. The van der Waals surface area contributed by atoms with Gasteiger partial charge in [-0.25, -0.2) is 4.79 Å². The van der Waals surface area contributed by atoms with Gasteiger partial charge in [0.15, 0.2) is 0 Å². The summed E-state index contributed by atoms with van der Waals surface area (Å²) >= 11 is 1.44. The van der Waals surface area contributed by atoms with Gasteiger partial charge in [-0.1, -0.05) is 48.2 Å². The van der Waals surface area contributed by atoms with Crippen LogP contribution in [-0.4, -0.2) is 38.5 Å². The number of benzene rings is 2. The fourth-order valence-corrected chi connectivity index (χ4v) is 2.63. The van der Waals surface area contributed by atoms with E-state index in [1.54, 1.807) is 28.9 Å². The number of carbonyl (C=O) groups excluding carboxylic acids is 1. The number of thioether (sulfide) groups is 1. The second-order valence-electron chi connectivity index (χ2n) is 4.56. The number of tetrazole rings is 1. The second-order valence-corrected chi connectivity index (χ2v) is 5.62. The van der Waals surface area contributed by atoms with E-state index in [2.05, 4.69) is 15.5 Å². The van der Waals surface area contributed by atoms with Gasteiger partial charge in [0, 0.05) is 5.75 Å². The molecule has 0 amide bonds. The van der Waals surface area contributed by atoms with Crippen LogP contribution in [0.5, 0.6) is 0 Å². The summed E-state index contributed by atoms with van der Waals surface area (Å²) in [6.45, 7) is 0.292. The molecule has 0 aliphatic rings. The average Bonchev–Trinajstić information content (AvgIpc) is 3.08. The van der Waals surface area contributed by atoms with Gasteiger partial charge in [-0.3, -0.25) is 0 Å². The van der Waals surface area contributed by atoms with Crippen LogP contribution >= 0.6 is 11.8 Å². The van der Waals surface area contributed by atoms with Crippen LogP contribution in [0.2, 0.25) is 0 Å². The van der Waals surface area contributed by atoms with E-state index >= 15 is 0 Å². The van der Waals surface area contributed by atoms with Crippen molar-refractivity contribution in [3.63, 3.8) is 0 Å². The van der Waals surface area contributed by atoms with E-state index in [1.807, 2.05) is 36.4 Å². The molecule has 3 aromatic rings. The number of hydrogen-bond donors (Lipinski definition) is 0. The highest BCUT2D eigenvalue weighted by Gasteiger charge is 2.10. The highest BCUT2D eigenvalue weighted by molar-refractivity contribution is 7.99. The van der Waals surface area contributed by atoms with Crippen molar-refractivity contribution in [2.45, 2.75) is 5.16 Å². The number of ether oxygens (including phenoxy) is 1. The minimum atomic E-state index is -0.325. The lowest BCUT2D eigenvalue weighted by Crippen LogP contribution is -2.08. The van der Waals surface area contributed by atoms with Crippen molar-refractivity contribution in [3.8, 4) is 5.69 Å². The highest BCUT2D eigenvalue weighted by atomic mass is 32.2. The number of para-hydroxylation sites is 1. The smallest absolute Gasteiger partial charge is 0.338 e. The maximum atomic E-state index is 11.8. The molecular formula is C16H14N4O2S. The molecule has 0 fully saturated rings. The van der Waals surface area contributed by atoms with Crippen molar-refractivity contribution in [2.75, 3.05) is 12.4 Å². The maximum absolute atomic E-state index is 11.8. The van der Waals surface area contributed by atoms with Gasteiger partial charge < -0.3 is 4.74 Å². The van der Waals surface area contributed by atoms with Crippen LogP contribution in [0, 0.1) is 0 Å². The lowest BCUT2D eigenvalue weighted by atomic mass is 10.2. The molecule has 0 aliphatic heterocycles. The first kappa shape index (κ1) is 15.2. The Hall–Kier alpha value is -2.67. The first-order chi connectivity index (χ1) is 11.3. The fraction of sp³-hybridized carbons (Fsp3) is 0.125. The third-order valence-electron chi connectivity index (χ3n) is 3.00. The molecule has 0 bridgehead atoms. The van der Waals surface area contributed by atoms with Crippen molar-refractivity contribution in [1.29, 1.82) is 0 Å². The number of rotatable bonds is 6.